The van der Waals surface area contributed by atoms with E-state index in [-0.39, 0.29) is 11.9 Å². The molecule has 0 saturated carbocycles. The van der Waals surface area contributed by atoms with Crippen LogP contribution in [0.15, 0.2) is 24.3 Å². The molecule has 1 fully saturated rings. The zero-order chi connectivity index (χ0) is 12.8. The molecule has 1 aliphatic heterocycles. The standard InChI is InChI=1S/C15H23FN2/c1-13(14-5-7-15(16)8-6-14)17-9-12-18-10-3-2-4-11-18/h5-8,13,17H,2-4,9-12H2,1H3. The Balaban J connectivity index is 1.70. The highest BCUT2D eigenvalue weighted by Gasteiger charge is 2.10. The molecular formula is C15H23FN2. The van der Waals surface area contributed by atoms with Crippen LogP contribution in [0.4, 0.5) is 4.39 Å². The number of hydrogen-bond donors (Lipinski definition) is 1. The van der Waals surface area contributed by atoms with Crippen LogP contribution >= 0.6 is 0 Å². The number of nitrogens with one attached hydrogen (secondary N) is 1. The summed E-state index contributed by atoms with van der Waals surface area (Å²) in [5, 5.41) is 3.50. The first-order valence-electron chi connectivity index (χ1n) is 6.97. The molecule has 1 aromatic rings. The van der Waals surface area contributed by atoms with E-state index in [1.165, 1.54) is 44.5 Å². The Kier molecular flexibility index (Phi) is 5.14. The predicted molar refractivity (Wildman–Crippen MR) is 73.1 cm³/mol. The van der Waals surface area contributed by atoms with E-state index in [0.717, 1.165) is 18.7 Å². The number of likely N-dealkylation sites (tertiary alicyclic amines) is 1. The number of rotatable bonds is 5. The second kappa shape index (κ2) is 6.86. The largest absolute Gasteiger partial charge is 0.309 e. The van der Waals surface area contributed by atoms with Crippen molar-refractivity contribution in [1.29, 1.82) is 0 Å². The van der Waals surface area contributed by atoms with Crippen LogP contribution in [-0.4, -0.2) is 31.1 Å². The Morgan fingerprint density at radius 1 is 1.17 bits per heavy atom. The normalized spacial score (nSPS) is 18.8. The minimum atomic E-state index is -0.167. The molecular weight excluding hydrogens is 227 g/mol. The molecule has 0 amide bonds. The van der Waals surface area contributed by atoms with E-state index in [0.29, 0.717) is 0 Å². The van der Waals surface area contributed by atoms with Crippen LogP contribution in [-0.2, 0) is 0 Å². The highest BCUT2D eigenvalue weighted by molar-refractivity contribution is 5.19. The van der Waals surface area contributed by atoms with Crippen LogP contribution in [0.2, 0.25) is 0 Å². The third-order valence-corrected chi connectivity index (χ3v) is 3.70. The maximum Gasteiger partial charge on any atom is 0.123 e. The highest BCUT2D eigenvalue weighted by Crippen LogP contribution is 2.13. The minimum absolute atomic E-state index is 0.167. The van der Waals surface area contributed by atoms with Crippen LogP contribution in [0, 0.1) is 5.82 Å². The molecule has 1 heterocycles. The molecule has 0 spiro atoms. The van der Waals surface area contributed by atoms with Gasteiger partial charge in [-0.1, -0.05) is 18.6 Å². The van der Waals surface area contributed by atoms with Gasteiger partial charge in [-0.3, -0.25) is 0 Å². The average molecular weight is 250 g/mol. The molecule has 1 aromatic carbocycles. The van der Waals surface area contributed by atoms with Crippen molar-refractivity contribution < 1.29 is 4.39 Å². The van der Waals surface area contributed by atoms with Crippen molar-refractivity contribution in [3.63, 3.8) is 0 Å². The van der Waals surface area contributed by atoms with Gasteiger partial charge in [-0.25, -0.2) is 4.39 Å². The fourth-order valence-corrected chi connectivity index (χ4v) is 2.49. The van der Waals surface area contributed by atoms with Crippen molar-refractivity contribution in [2.24, 2.45) is 0 Å². The molecule has 1 atom stereocenters. The van der Waals surface area contributed by atoms with Crippen LogP contribution in [0.5, 0.6) is 0 Å². The molecule has 1 N–H and O–H groups in total. The minimum Gasteiger partial charge on any atom is -0.309 e. The zero-order valence-electron chi connectivity index (χ0n) is 11.2. The van der Waals surface area contributed by atoms with Crippen LogP contribution in [0.1, 0.15) is 37.8 Å². The molecule has 0 bridgehead atoms. The van der Waals surface area contributed by atoms with Gasteiger partial charge in [-0.15, -0.1) is 0 Å². The Labute approximate surface area is 109 Å². The van der Waals surface area contributed by atoms with Crippen molar-refractivity contribution in [1.82, 2.24) is 10.2 Å². The second-order valence-corrected chi connectivity index (χ2v) is 5.13. The highest BCUT2D eigenvalue weighted by atomic mass is 19.1. The van der Waals surface area contributed by atoms with E-state index in [2.05, 4.69) is 17.1 Å². The Morgan fingerprint density at radius 3 is 2.50 bits per heavy atom. The number of benzene rings is 1. The van der Waals surface area contributed by atoms with Crippen LogP contribution in [0.3, 0.4) is 0 Å². The van der Waals surface area contributed by atoms with Crippen molar-refractivity contribution in [2.75, 3.05) is 26.2 Å². The lowest BCUT2D eigenvalue weighted by Gasteiger charge is -2.27. The monoisotopic (exact) mass is 250 g/mol. The fraction of sp³-hybridized carbons (Fsp3) is 0.600. The molecule has 1 unspecified atom stereocenters. The summed E-state index contributed by atoms with van der Waals surface area (Å²) in [5.41, 5.74) is 1.15. The van der Waals surface area contributed by atoms with Gasteiger partial charge in [0.25, 0.3) is 0 Å². The maximum atomic E-state index is 12.8. The van der Waals surface area contributed by atoms with Gasteiger partial charge in [0.15, 0.2) is 0 Å². The SMILES string of the molecule is CC(NCCN1CCCCC1)c1ccc(F)cc1. The summed E-state index contributed by atoms with van der Waals surface area (Å²) in [6, 6.07) is 7.05. The van der Waals surface area contributed by atoms with E-state index < -0.39 is 0 Å². The van der Waals surface area contributed by atoms with Crippen molar-refractivity contribution in [3.8, 4) is 0 Å². The van der Waals surface area contributed by atoms with Crippen molar-refractivity contribution in [2.45, 2.75) is 32.2 Å². The van der Waals surface area contributed by atoms with E-state index >= 15 is 0 Å². The van der Waals surface area contributed by atoms with Crippen molar-refractivity contribution >= 4 is 0 Å². The number of halogens is 1. The molecule has 2 rings (SSSR count). The number of nitrogens with zero attached hydrogens (tertiary/aromatic N) is 1. The van der Waals surface area contributed by atoms with Crippen molar-refractivity contribution in [3.05, 3.63) is 35.6 Å². The molecule has 18 heavy (non-hydrogen) atoms. The summed E-state index contributed by atoms with van der Waals surface area (Å²) < 4.78 is 12.8. The lowest BCUT2D eigenvalue weighted by Crippen LogP contribution is -2.36. The molecule has 1 saturated heterocycles. The number of piperidine rings is 1. The second-order valence-electron chi connectivity index (χ2n) is 5.13. The summed E-state index contributed by atoms with van der Waals surface area (Å²) >= 11 is 0. The average Bonchev–Trinajstić information content (AvgIpc) is 2.40. The van der Waals surface area contributed by atoms with Gasteiger partial charge >= 0.3 is 0 Å². The first-order chi connectivity index (χ1) is 8.75. The lowest BCUT2D eigenvalue weighted by molar-refractivity contribution is 0.227. The first kappa shape index (κ1) is 13.5. The van der Waals surface area contributed by atoms with E-state index in [1.54, 1.807) is 0 Å². The summed E-state index contributed by atoms with van der Waals surface area (Å²) in [7, 11) is 0. The maximum absolute atomic E-state index is 12.8. The fourth-order valence-electron chi connectivity index (χ4n) is 2.49. The topological polar surface area (TPSA) is 15.3 Å². The predicted octanol–water partition coefficient (Wildman–Crippen LogP) is 2.96. The molecule has 0 aromatic heterocycles. The molecule has 2 nitrogen and oxygen atoms in total. The van der Waals surface area contributed by atoms with E-state index in [9.17, 15) is 4.39 Å². The third-order valence-electron chi connectivity index (χ3n) is 3.70. The smallest absolute Gasteiger partial charge is 0.123 e. The van der Waals surface area contributed by atoms with Gasteiger partial charge in [0.2, 0.25) is 0 Å². The Morgan fingerprint density at radius 2 is 1.83 bits per heavy atom. The molecule has 0 radical (unpaired) electrons. The summed E-state index contributed by atoms with van der Waals surface area (Å²) in [6.07, 6.45) is 4.07. The Hall–Kier alpha value is -0.930. The van der Waals surface area contributed by atoms with Crippen LogP contribution < -0.4 is 5.32 Å². The number of hydrogen-bond acceptors (Lipinski definition) is 2. The van der Waals surface area contributed by atoms with Gasteiger partial charge in [0.1, 0.15) is 5.82 Å². The van der Waals surface area contributed by atoms with Gasteiger partial charge in [0.05, 0.1) is 0 Å². The summed E-state index contributed by atoms with van der Waals surface area (Å²) in [5.74, 6) is -0.167. The molecule has 1 aliphatic rings. The van der Waals surface area contributed by atoms with Gasteiger partial charge in [-0.05, 0) is 50.6 Å². The summed E-state index contributed by atoms with van der Waals surface area (Å²) in [6.45, 7) is 6.73. The zero-order valence-corrected chi connectivity index (χ0v) is 11.2. The third kappa shape index (κ3) is 4.07. The quantitative estimate of drug-likeness (QED) is 0.864. The van der Waals surface area contributed by atoms with Crippen LogP contribution in [0.25, 0.3) is 0 Å². The molecule has 3 heteroatoms. The summed E-state index contributed by atoms with van der Waals surface area (Å²) in [4.78, 5) is 2.52. The first-order valence-corrected chi connectivity index (χ1v) is 6.97. The Bertz CT molecular complexity index is 344. The van der Waals surface area contributed by atoms with Gasteiger partial charge in [0, 0.05) is 19.1 Å². The van der Waals surface area contributed by atoms with E-state index in [4.69, 9.17) is 0 Å². The molecule has 0 aliphatic carbocycles. The lowest BCUT2D eigenvalue weighted by atomic mass is 10.1. The van der Waals surface area contributed by atoms with Gasteiger partial charge in [-0.2, -0.15) is 0 Å². The van der Waals surface area contributed by atoms with E-state index in [1.807, 2.05) is 12.1 Å². The van der Waals surface area contributed by atoms with Gasteiger partial charge < -0.3 is 10.2 Å². The molecule has 100 valence electrons.